The Kier molecular flexibility index (Phi) is 7.28. The van der Waals surface area contributed by atoms with Crippen molar-refractivity contribution in [1.29, 1.82) is 5.26 Å². The third-order valence-corrected chi connectivity index (χ3v) is 6.26. The molecule has 186 valence electrons. The summed E-state index contributed by atoms with van der Waals surface area (Å²) in [7, 11) is 0. The highest BCUT2D eigenvalue weighted by Gasteiger charge is 2.25. The normalized spacial score (nSPS) is 11.2. The standard InChI is InChI=1S/C30H26ClN3O3/c1-30(2,3)16-27(35)34(28-25-11-10-23(29(36)37)14-22(25)12-13-33-28)18-19-4-6-20(7-5-19)21-8-9-24(17-32)26(31)15-21/h4-15H,16,18H2,1-3H3,(H,36,37). The predicted octanol–water partition coefficient (Wildman–Crippen LogP) is 7.09. The Hall–Kier alpha value is -4.21. The van der Waals surface area contributed by atoms with E-state index in [4.69, 9.17) is 16.9 Å². The predicted molar refractivity (Wildman–Crippen MR) is 146 cm³/mol. The molecule has 0 spiro atoms. The molecule has 0 bridgehead atoms. The molecule has 0 unspecified atom stereocenters. The van der Waals surface area contributed by atoms with Gasteiger partial charge in [-0.2, -0.15) is 5.26 Å². The number of nitrogens with zero attached hydrogens (tertiary/aromatic N) is 3. The summed E-state index contributed by atoms with van der Waals surface area (Å²) in [4.78, 5) is 31.2. The van der Waals surface area contributed by atoms with E-state index in [-0.39, 0.29) is 16.9 Å². The molecule has 7 heteroatoms. The molecule has 0 aliphatic carbocycles. The molecule has 1 heterocycles. The van der Waals surface area contributed by atoms with Gasteiger partial charge in [0.05, 0.1) is 22.7 Å². The van der Waals surface area contributed by atoms with E-state index in [2.05, 4.69) is 11.1 Å². The minimum atomic E-state index is -1.01. The maximum Gasteiger partial charge on any atom is 0.335 e. The van der Waals surface area contributed by atoms with Crippen LogP contribution in [-0.4, -0.2) is 22.0 Å². The zero-order valence-electron chi connectivity index (χ0n) is 20.8. The lowest BCUT2D eigenvalue weighted by molar-refractivity contribution is -0.120. The van der Waals surface area contributed by atoms with Gasteiger partial charge in [-0.05, 0) is 63.9 Å². The summed E-state index contributed by atoms with van der Waals surface area (Å²) in [6, 6.07) is 21.7. The second-order valence-corrected chi connectivity index (χ2v) is 10.5. The minimum absolute atomic E-state index is 0.0715. The van der Waals surface area contributed by atoms with Crippen LogP contribution in [0.1, 0.15) is 48.7 Å². The zero-order chi connectivity index (χ0) is 26.7. The second kappa shape index (κ2) is 10.4. The Morgan fingerprint density at radius 1 is 1.00 bits per heavy atom. The molecule has 0 fully saturated rings. The Morgan fingerprint density at radius 3 is 2.32 bits per heavy atom. The van der Waals surface area contributed by atoms with E-state index in [1.54, 1.807) is 41.4 Å². The number of carbonyl (C=O) groups excluding carboxylic acids is 1. The molecule has 0 saturated heterocycles. The first-order valence-corrected chi connectivity index (χ1v) is 12.1. The zero-order valence-corrected chi connectivity index (χ0v) is 21.6. The van der Waals surface area contributed by atoms with Crippen molar-refractivity contribution in [3.8, 4) is 17.2 Å². The van der Waals surface area contributed by atoms with Gasteiger partial charge in [0, 0.05) is 18.0 Å². The number of nitriles is 1. The summed E-state index contributed by atoms with van der Waals surface area (Å²) in [5.41, 5.74) is 3.11. The quantitative estimate of drug-likeness (QED) is 0.298. The molecule has 1 N–H and O–H groups in total. The Balaban J connectivity index is 1.70. The van der Waals surface area contributed by atoms with E-state index in [9.17, 15) is 14.7 Å². The number of amides is 1. The van der Waals surface area contributed by atoms with E-state index < -0.39 is 5.97 Å². The van der Waals surface area contributed by atoms with E-state index in [1.165, 1.54) is 6.07 Å². The minimum Gasteiger partial charge on any atom is -0.478 e. The number of hydrogen-bond acceptors (Lipinski definition) is 4. The highest BCUT2D eigenvalue weighted by Crippen LogP contribution is 2.31. The Labute approximate surface area is 220 Å². The van der Waals surface area contributed by atoms with Crippen molar-refractivity contribution in [3.63, 3.8) is 0 Å². The average Bonchev–Trinajstić information content (AvgIpc) is 2.86. The van der Waals surface area contributed by atoms with E-state index in [1.807, 2.05) is 51.1 Å². The van der Waals surface area contributed by atoms with Crippen molar-refractivity contribution in [2.24, 2.45) is 5.41 Å². The van der Waals surface area contributed by atoms with Gasteiger partial charge in [0.15, 0.2) is 0 Å². The molecule has 0 saturated carbocycles. The van der Waals surface area contributed by atoms with Gasteiger partial charge in [-0.1, -0.05) is 62.7 Å². The van der Waals surface area contributed by atoms with Crippen molar-refractivity contribution in [1.82, 2.24) is 4.98 Å². The Bertz CT molecular complexity index is 1530. The number of benzene rings is 3. The van der Waals surface area contributed by atoms with E-state index in [0.29, 0.717) is 40.1 Å². The lowest BCUT2D eigenvalue weighted by Gasteiger charge is -2.27. The van der Waals surface area contributed by atoms with Crippen LogP contribution < -0.4 is 4.90 Å². The van der Waals surface area contributed by atoms with Crippen molar-refractivity contribution >= 4 is 40.1 Å². The fraction of sp³-hybridized carbons (Fsp3) is 0.200. The first kappa shape index (κ1) is 25.9. The van der Waals surface area contributed by atoms with Crippen molar-refractivity contribution in [3.05, 3.63) is 94.6 Å². The first-order chi connectivity index (χ1) is 17.6. The highest BCUT2D eigenvalue weighted by atomic mass is 35.5. The van der Waals surface area contributed by atoms with Crippen LogP contribution >= 0.6 is 11.6 Å². The third kappa shape index (κ3) is 5.96. The van der Waals surface area contributed by atoms with Crippen molar-refractivity contribution < 1.29 is 14.7 Å². The van der Waals surface area contributed by atoms with Gasteiger partial charge in [-0.25, -0.2) is 9.78 Å². The average molecular weight is 512 g/mol. The number of carboxylic acids is 1. The molecule has 4 rings (SSSR count). The van der Waals surface area contributed by atoms with Gasteiger partial charge in [0.2, 0.25) is 5.91 Å². The number of aromatic carboxylic acids is 1. The molecule has 6 nitrogen and oxygen atoms in total. The van der Waals surface area contributed by atoms with Crippen molar-refractivity contribution in [2.75, 3.05) is 4.90 Å². The summed E-state index contributed by atoms with van der Waals surface area (Å²) in [5.74, 6) is -0.589. The number of fused-ring (bicyclic) bond motifs is 1. The monoisotopic (exact) mass is 511 g/mol. The third-order valence-electron chi connectivity index (χ3n) is 5.95. The molecule has 0 aliphatic rings. The largest absolute Gasteiger partial charge is 0.478 e. The SMILES string of the molecule is CC(C)(C)CC(=O)N(Cc1ccc(-c2ccc(C#N)c(Cl)c2)cc1)c1nccc2cc(C(=O)O)ccc12. The maximum absolute atomic E-state index is 13.5. The number of rotatable bonds is 6. The van der Waals surface area contributed by atoms with Crippen LogP contribution in [0.15, 0.2) is 72.9 Å². The van der Waals surface area contributed by atoms with E-state index >= 15 is 0 Å². The molecule has 3 aromatic carbocycles. The maximum atomic E-state index is 13.5. The van der Waals surface area contributed by atoms with Crippen molar-refractivity contribution in [2.45, 2.75) is 33.7 Å². The fourth-order valence-electron chi connectivity index (χ4n) is 4.11. The fourth-order valence-corrected chi connectivity index (χ4v) is 4.33. The summed E-state index contributed by atoms with van der Waals surface area (Å²) in [6.07, 6.45) is 1.92. The van der Waals surface area contributed by atoms with Gasteiger partial charge < -0.3 is 5.11 Å². The number of carbonyl (C=O) groups is 2. The number of hydrogen-bond donors (Lipinski definition) is 1. The molecular weight excluding hydrogens is 486 g/mol. The molecule has 0 aliphatic heterocycles. The molecule has 0 radical (unpaired) electrons. The molecule has 37 heavy (non-hydrogen) atoms. The first-order valence-electron chi connectivity index (χ1n) is 11.8. The van der Waals surface area contributed by atoms with Crippen LogP contribution in [0.2, 0.25) is 5.02 Å². The lowest BCUT2D eigenvalue weighted by atomic mass is 9.91. The van der Waals surface area contributed by atoms with Crippen LogP contribution in [0.3, 0.4) is 0 Å². The van der Waals surface area contributed by atoms with Crippen LogP contribution in [-0.2, 0) is 11.3 Å². The second-order valence-electron chi connectivity index (χ2n) is 10.1. The van der Waals surface area contributed by atoms with Crippen LogP contribution in [0.25, 0.3) is 21.9 Å². The number of carboxylic acid groups (broad SMARTS) is 1. The van der Waals surface area contributed by atoms with Gasteiger partial charge >= 0.3 is 5.97 Å². The summed E-state index contributed by atoms with van der Waals surface area (Å²) in [6.45, 7) is 6.33. The summed E-state index contributed by atoms with van der Waals surface area (Å²) >= 11 is 6.20. The Morgan fingerprint density at radius 2 is 1.70 bits per heavy atom. The topological polar surface area (TPSA) is 94.3 Å². The molecule has 4 aromatic rings. The number of pyridine rings is 1. The lowest BCUT2D eigenvalue weighted by Crippen LogP contribution is -2.34. The number of anilines is 1. The van der Waals surface area contributed by atoms with Gasteiger partial charge in [0.1, 0.15) is 11.9 Å². The summed E-state index contributed by atoms with van der Waals surface area (Å²) < 4.78 is 0. The molecule has 0 atom stereocenters. The van der Waals surface area contributed by atoms with Crippen LogP contribution in [0, 0.1) is 16.7 Å². The smallest absolute Gasteiger partial charge is 0.335 e. The van der Waals surface area contributed by atoms with Gasteiger partial charge in [-0.15, -0.1) is 0 Å². The summed E-state index contributed by atoms with van der Waals surface area (Å²) in [5, 5.41) is 20.3. The van der Waals surface area contributed by atoms with E-state index in [0.717, 1.165) is 16.7 Å². The highest BCUT2D eigenvalue weighted by molar-refractivity contribution is 6.32. The molecule has 1 aromatic heterocycles. The van der Waals surface area contributed by atoms with Crippen LogP contribution in [0.5, 0.6) is 0 Å². The molecular formula is C30H26ClN3O3. The molecule has 1 amide bonds. The van der Waals surface area contributed by atoms with Gasteiger partial charge in [0.25, 0.3) is 0 Å². The van der Waals surface area contributed by atoms with Crippen LogP contribution in [0.4, 0.5) is 5.82 Å². The number of aromatic nitrogens is 1. The number of halogens is 1. The van der Waals surface area contributed by atoms with Gasteiger partial charge in [-0.3, -0.25) is 9.69 Å².